The molecular formula is C18H22N4O2S. The molecule has 1 aromatic carbocycles. The van der Waals surface area contributed by atoms with E-state index in [4.69, 9.17) is 0 Å². The number of hydrogen-bond acceptors (Lipinski definition) is 5. The number of aromatic nitrogens is 3. The molecule has 1 fully saturated rings. The number of hydrogen-bond donors (Lipinski definition) is 2. The van der Waals surface area contributed by atoms with Crippen LogP contribution in [0.25, 0.3) is 0 Å². The highest BCUT2D eigenvalue weighted by atomic mass is 32.2. The topological polar surface area (TPSA) is 87.7 Å². The van der Waals surface area contributed by atoms with Crippen LogP contribution in [0.1, 0.15) is 37.1 Å². The van der Waals surface area contributed by atoms with Crippen molar-refractivity contribution >= 4 is 23.6 Å². The van der Waals surface area contributed by atoms with Gasteiger partial charge in [0.1, 0.15) is 5.82 Å². The van der Waals surface area contributed by atoms with Crippen LogP contribution in [0.2, 0.25) is 0 Å². The zero-order valence-corrected chi connectivity index (χ0v) is 14.8. The molecule has 1 heterocycles. The molecule has 0 aliphatic heterocycles. The molecule has 7 heteroatoms. The van der Waals surface area contributed by atoms with Gasteiger partial charge in [0.15, 0.2) is 0 Å². The second-order valence-corrected chi connectivity index (χ2v) is 7.28. The molecule has 132 valence electrons. The summed E-state index contributed by atoms with van der Waals surface area (Å²) in [6.45, 7) is 0. The maximum absolute atomic E-state index is 11.9. The Morgan fingerprint density at radius 3 is 2.68 bits per heavy atom. The van der Waals surface area contributed by atoms with Gasteiger partial charge in [0, 0.05) is 6.42 Å². The minimum atomic E-state index is -0.326. The highest BCUT2D eigenvalue weighted by Gasteiger charge is 2.18. The van der Waals surface area contributed by atoms with Crippen molar-refractivity contribution in [3.05, 3.63) is 41.7 Å². The van der Waals surface area contributed by atoms with Gasteiger partial charge in [-0.15, -0.1) is 5.10 Å². The third-order valence-corrected chi connectivity index (χ3v) is 5.13. The van der Waals surface area contributed by atoms with E-state index in [2.05, 4.69) is 20.5 Å². The number of amides is 2. The van der Waals surface area contributed by atoms with Crippen molar-refractivity contribution in [2.45, 2.75) is 43.7 Å². The standard InChI is InChI=1S/C18H22N4O2S/c23-16(11-14-6-2-1-3-7-14)20-17(24)12-25-18-19-15(21-22-18)10-13-8-4-5-9-13/h1-3,6-7,13H,4-5,8-12H2,(H,19,21,22)(H,20,23,24). The van der Waals surface area contributed by atoms with Crippen LogP contribution >= 0.6 is 11.8 Å². The largest absolute Gasteiger partial charge is 0.295 e. The lowest BCUT2D eigenvalue weighted by Crippen LogP contribution is -2.33. The van der Waals surface area contributed by atoms with Gasteiger partial charge in [0.25, 0.3) is 0 Å². The second-order valence-electron chi connectivity index (χ2n) is 6.34. The third-order valence-electron chi connectivity index (χ3n) is 4.29. The Bertz CT molecular complexity index is 711. The van der Waals surface area contributed by atoms with Crippen molar-refractivity contribution in [3.63, 3.8) is 0 Å². The van der Waals surface area contributed by atoms with Crippen LogP contribution in [0.3, 0.4) is 0 Å². The predicted octanol–water partition coefficient (Wildman–Crippen LogP) is 2.52. The molecule has 0 bridgehead atoms. The van der Waals surface area contributed by atoms with Gasteiger partial charge in [-0.2, -0.15) is 0 Å². The monoisotopic (exact) mass is 358 g/mol. The first-order chi connectivity index (χ1) is 12.2. The van der Waals surface area contributed by atoms with E-state index < -0.39 is 0 Å². The average molecular weight is 358 g/mol. The van der Waals surface area contributed by atoms with E-state index in [9.17, 15) is 9.59 Å². The van der Waals surface area contributed by atoms with Gasteiger partial charge in [0.2, 0.25) is 17.0 Å². The fraction of sp³-hybridized carbons (Fsp3) is 0.444. The smallest absolute Gasteiger partial charge is 0.237 e. The van der Waals surface area contributed by atoms with Gasteiger partial charge < -0.3 is 0 Å². The molecule has 6 nitrogen and oxygen atoms in total. The predicted molar refractivity (Wildman–Crippen MR) is 96.1 cm³/mol. The number of nitrogens with one attached hydrogen (secondary N) is 2. The van der Waals surface area contributed by atoms with Crippen LogP contribution in [0, 0.1) is 5.92 Å². The normalized spacial score (nSPS) is 14.6. The Hall–Kier alpha value is -2.15. The Morgan fingerprint density at radius 2 is 1.92 bits per heavy atom. The summed E-state index contributed by atoms with van der Waals surface area (Å²) in [5.41, 5.74) is 0.881. The molecule has 1 aliphatic carbocycles. The third kappa shape index (κ3) is 5.70. The summed E-state index contributed by atoms with van der Waals surface area (Å²) in [5.74, 6) is 1.09. The van der Waals surface area contributed by atoms with Crippen LogP contribution in [0.4, 0.5) is 0 Å². The first-order valence-electron chi connectivity index (χ1n) is 8.60. The van der Waals surface area contributed by atoms with E-state index in [1.165, 1.54) is 37.4 Å². The molecule has 0 atom stereocenters. The van der Waals surface area contributed by atoms with E-state index in [1.54, 1.807) is 0 Å². The van der Waals surface area contributed by atoms with Gasteiger partial charge in [-0.1, -0.05) is 67.8 Å². The zero-order chi connectivity index (χ0) is 17.5. The average Bonchev–Trinajstić information content (AvgIpc) is 3.26. The van der Waals surface area contributed by atoms with Crippen LogP contribution < -0.4 is 5.32 Å². The number of rotatable bonds is 7. The fourth-order valence-corrected chi connectivity index (χ4v) is 3.69. The van der Waals surface area contributed by atoms with E-state index in [0.29, 0.717) is 11.1 Å². The van der Waals surface area contributed by atoms with Crippen molar-refractivity contribution < 1.29 is 9.59 Å². The summed E-state index contributed by atoms with van der Waals surface area (Å²) < 4.78 is 0. The zero-order valence-electron chi connectivity index (χ0n) is 14.0. The summed E-state index contributed by atoms with van der Waals surface area (Å²) in [6.07, 6.45) is 6.25. The summed E-state index contributed by atoms with van der Waals surface area (Å²) in [4.78, 5) is 28.2. The van der Waals surface area contributed by atoms with Crippen molar-refractivity contribution in [3.8, 4) is 0 Å². The quantitative estimate of drug-likeness (QED) is 0.743. The molecule has 2 aromatic rings. The lowest BCUT2D eigenvalue weighted by molar-refractivity contribution is -0.128. The maximum Gasteiger partial charge on any atom is 0.237 e. The SMILES string of the molecule is O=C(CSc1n[nH]c(CC2CCCC2)n1)NC(=O)Cc1ccccc1. The number of benzene rings is 1. The van der Waals surface area contributed by atoms with Crippen molar-refractivity contribution in [1.29, 1.82) is 0 Å². The van der Waals surface area contributed by atoms with Gasteiger partial charge >= 0.3 is 0 Å². The summed E-state index contributed by atoms with van der Waals surface area (Å²) >= 11 is 1.24. The molecule has 1 saturated carbocycles. The number of H-pyrrole nitrogens is 1. The summed E-state index contributed by atoms with van der Waals surface area (Å²) in [5, 5.41) is 10.0. The highest BCUT2D eigenvalue weighted by Crippen LogP contribution is 2.27. The van der Waals surface area contributed by atoms with Gasteiger partial charge in [-0.25, -0.2) is 4.98 Å². The number of aromatic amines is 1. The molecule has 3 rings (SSSR count). The van der Waals surface area contributed by atoms with E-state index in [0.717, 1.165) is 17.8 Å². The minimum Gasteiger partial charge on any atom is -0.295 e. The lowest BCUT2D eigenvalue weighted by atomic mass is 10.0. The Labute approximate surface area is 151 Å². The number of nitrogens with zero attached hydrogens (tertiary/aromatic N) is 2. The molecule has 2 N–H and O–H groups in total. The van der Waals surface area contributed by atoms with E-state index in [1.807, 2.05) is 30.3 Å². The molecule has 2 amide bonds. The van der Waals surface area contributed by atoms with Gasteiger partial charge in [0.05, 0.1) is 12.2 Å². The Kier molecular flexibility index (Phi) is 6.22. The summed E-state index contributed by atoms with van der Waals surface area (Å²) in [6, 6.07) is 9.34. The first-order valence-corrected chi connectivity index (χ1v) is 9.58. The Balaban J connectivity index is 1.39. The van der Waals surface area contributed by atoms with Crippen LogP contribution in [0.15, 0.2) is 35.5 Å². The maximum atomic E-state index is 11.9. The number of carbonyl (C=O) groups is 2. The van der Waals surface area contributed by atoms with Crippen molar-refractivity contribution in [1.82, 2.24) is 20.5 Å². The fourth-order valence-electron chi connectivity index (χ4n) is 3.07. The van der Waals surface area contributed by atoms with Crippen LogP contribution in [-0.2, 0) is 22.4 Å². The molecular weight excluding hydrogens is 336 g/mol. The molecule has 25 heavy (non-hydrogen) atoms. The molecule has 0 radical (unpaired) electrons. The van der Waals surface area contributed by atoms with E-state index >= 15 is 0 Å². The van der Waals surface area contributed by atoms with Crippen LogP contribution in [0.5, 0.6) is 0 Å². The minimum absolute atomic E-state index is 0.126. The number of imide groups is 1. The highest BCUT2D eigenvalue weighted by molar-refractivity contribution is 7.99. The van der Waals surface area contributed by atoms with Gasteiger partial charge in [-0.3, -0.25) is 20.0 Å². The molecule has 0 saturated heterocycles. The first kappa shape index (κ1) is 17.7. The van der Waals surface area contributed by atoms with Crippen LogP contribution in [-0.4, -0.2) is 32.7 Å². The van der Waals surface area contributed by atoms with E-state index in [-0.39, 0.29) is 24.0 Å². The van der Waals surface area contributed by atoms with Crippen molar-refractivity contribution in [2.24, 2.45) is 5.92 Å². The molecule has 1 aromatic heterocycles. The lowest BCUT2D eigenvalue weighted by Gasteiger charge is -2.04. The number of carbonyl (C=O) groups excluding carboxylic acids is 2. The van der Waals surface area contributed by atoms with Crippen molar-refractivity contribution in [2.75, 3.05) is 5.75 Å². The second kappa shape index (κ2) is 8.80. The Morgan fingerprint density at radius 1 is 1.16 bits per heavy atom. The molecule has 1 aliphatic rings. The van der Waals surface area contributed by atoms with Gasteiger partial charge in [-0.05, 0) is 11.5 Å². The summed E-state index contributed by atoms with van der Waals surface area (Å²) in [7, 11) is 0. The molecule has 0 unspecified atom stereocenters. The molecule has 0 spiro atoms. The number of thioether (sulfide) groups is 1.